The first-order valence-electron chi connectivity index (χ1n) is 10.3. The summed E-state index contributed by atoms with van der Waals surface area (Å²) >= 11 is 2.62. The Kier molecular flexibility index (Phi) is 6.11. The minimum atomic E-state index is -3.49. The van der Waals surface area contributed by atoms with E-state index in [1.54, 1.807) is 10.4 Å². The molecule has 2 fully saturated rings. The molecule has 1 atom stereocenters. The lowest BCUT2D eigenvalue weighted by Crippen LogP contribution is -2.42. The molecule has 1 amide bonds. The van der Waals surface area contributed by atoms with Crippen LogP contribution in [0.3, 0.4) is 0 Å². The minimum Gasteiger partial charge on any atom is -0.338 e. The standard InChI is InChI=1S/C20H27N3O3S3/c1-3-16-8-4-5-11-23(16)29(25,26)17-12-15(13-27-17)19-21-14(2)18(28-19)20(24)22-9-6-7-10-22/h12-13,16H,3-11H2,1-2H3/t16-/m1/s1. The molecule has 4 rings (SSSR count). The SMILES string of the molecule is CC[C@@H]1CCCCN1S(=O)(=O)c1cc(-c2nc(C)c(C(=O)N3CCCC3)s2)cs1. The molecule has 0 spiro atoms. The summed E-state index contributed by atoms with van der Waals surface area (Å²) in [6.07, 6.45) is 5.88. The largest absolute Gasteiger partial charge is 0.338 e. The maximum atomic E-state index is 13.2. The average Bonchev–Trinajstić information content (AvgIpc) is 3.47. The highest BCUT2D eigenvalue weighted by Gasteiger charge is 2.34. The van der Waals surface area contributed by atoms with Gasteiger partial charge in [0, 0.05) is 36.6 Å². The molecule has 0 aromatic carbocycles. The van der Waals surface area contributed by atoms with Crippen LogP contribution < -0.4 is 0 Å². The molecular formula is C20H27N3O3S3. The predicted molar refractivity (Wildman–Crippen MR) is 117 cm³/mol. The summed E-state index contributed by atoms with van der Waals surface area (Å²) in [6.45, 7) is 6.11. The molecule has 2 aliphatic heterocycles. The van der Waals surface area contributed by atoms with E-state index in [0.29, 0.717) is 20.6 Å². The normalized spacial score (nSPS) is 21.0. The van der Waals surface area contributed by atoms with Gasteiger partial charge in [-0.25, -0.2) is 13.4 Å². The van der Waals surface area contributed by atoms with Crippen LogP contribution in [0.25, 0.3) is 10.6 Å². The van der Waals surface area contributed by atoms with Gasteiger partial charge in [0.15, 0.2) is 0 Å². The number of sulfonamides is 1. The van der Waals surface area contributed by atoms with Gasteiger partial charge in [-0.2, -0.15) is 4.31 Å². The highest BCUT2D eigenvalue weighted by atomic mass is 32.2. The van der Waals surface area contributed by atoms with Gasteiger partial charge in [-0.3, -0.25) is 4.79 Å². The van der Waals surface area contributed by atoms with Gasteiger partial charge in [0.1, 0.15) is 14.1 Å². The third-order valence-corrected chi connectivity index (χ3v) is 10.4. The van der Waals surface area contributed by atoms with Crippen LogP contribution in [0.15, 0.2) is 15.7 Å². The van der Waals surface area contributed by atoms with E-state index < -0.39 is 10.0 Å². The number of thiophene rings is 1. The number of piperidine rings is 1. The monoisotopic (exact) mass is 453 g/mol. The molecule has 6 nitrogen and oxygen atoms in total. The number of carbonyl (C=O) groups excluding carboxylic acids is 1. The van der Waals surface area contributed by atoms with Crippen molar-refractivity contribution in [3.05, 3.63) is 22.0 Å². The van der Waals surface area contributed by atoms with Crippen molar-refractivity contribution in [2.45, 2.75) is 62.6 Å². The van der Waals surface area contributed by atoms with E-state index in [2.05, 4.69) is 11.9 Å². The van der Waals surface area contributed by atoms with Crippen molar-refractivity contribution in [1.29, 1.82) is 0 Å². The zero-order valence-electron chi connectivity index (χ0n) is 16.9. The quantitative estimate of drug-likeness (QED) is 0.674. The maximum Gasteiger partial charge on any atom is 0.265 e. The number of aryl methyl sites for hydroxylation is 1. The van der Waals surface area contributed by atoms with Gasteiger partial charge >= 0.3 is 0 Å². The van der Waals surface area contributed by atoms with Gasteiger partial charge in [-0.1, -0.05) is 13.3 Å². The van der Waals surface area contributed by atoms with Gasteiger partial charge in [-0.05, 0) is 45.1 Å². The van der Waals surface area contributed by atoms with Gasteiger partial charge in [0.25, 0.3) is 15.9 Å². The van der Waals surface area contributed by atoms with E-state index in [1.807, 2.05) is 17.2 Å². The molecule has 0 aliphatic carbocycles. The predicted octanol–water partition coefficient (Wildman–Crippen LogP) is 4.37. The molecule has 2 aliphatic rings. The van der Waals surface area contributed by atoms with E-state index in [4.69, 9.17) is 0 Å². The summed E-state index contributed by atoms with van der Waals surface area (Å²) in [6, 6.07) is 1.81. The number of likely N-dealkylation sites (tertiary alicyclic amines) is 1. The molecule has 29 heavy (non-hydrogen) atoms. The summed E-state index contributed by atoms with van der Waals surface area (Å²) in [5, 5.41) is 2.56. The Balaban J connectivity index is 1.59. The Morgan fingerprint density at radius 1 is 1.21 bits per heavy atom. The summed E-state index contributed by atoms with van der Waals surface area (Å²) in [7, 11) is -3.49. The van der Waals surface area contributed by atoms with Crippen molar-refractivity contribution in [3.8, 4) is 10.6 Å². The van der Waals surface area contributed by atoms with Crippen molar-refractivity contribution in [3.63, 3.8) is 0 Å². The molecule has 0 saturated carbocycles. The van der Waals surface area contributed by atoms with Crippen LogP contribution in [0.1, 0.15) is 60.8 Å². The lowest BCUT2D eigenvalue weighted by Gasteiger charge is -2.33. The zero-order chi connectivity index (χ0) is 20.6. The molecular weight excluding hydrogens is 426 g/mol. The molecule has 0 bridgehead atoms. The van der Waals surface area contributed by atoms with Gasteiger partial charge in [0.2, 0.25) is 0 Å². The molecule has 0 unspecified atom stereocenters. The third-order valence-electron chi connectivity index (χ3n) is 5.81. The van der Waals surface area contributed by atoms with Crippen LogP contribution in [0.2, 0.25) is 0 Å². The van der Waals surface area contributed by atoms with Crippen molar-refractivity contribution >= 4 is 38.6 Å². The fraction of sp³-hybridized carbons (Fsp3) is 0.600. The smallest absolute Gasteiger partial charge is 0.265 e. The van der Waals surface area contributed by atoms with Crippen molar-refractivity contribution in [2.24, 2.45) is 0 Å². The molecule has 0 N–H and O–H groups in total. The first kappa shape index (κ1) is 21.0. The fourth-order valence-electron chi connectivity index (χ4n) is 4.16. The summed E-state index contributed by atoms with van der Waals surface area (Å²) < 4.78 is 28.5. The average molecular weight is 454 g/mol. The van der Waals surface area contributed by atoms with Crippen molar-refractivity contribution < 1.29 is 13.2 Å². The molecule has 2 saturated heterocycles. The Morgan fingerprint density at radius 2 is 1.93 bits per heavy atom. The topological polar surface area (TPSA) is 70.6 Å². The van der Waals surface area contributed by atoms with E-state index in [-0.39, 0.29) is 11.9 Å². The number of nitrogens with zero attached hydrogens (tertiary/aromatic N) is 3. The van der Waals surface area contributed by atoms with Crippen LogP contribution in [0, 0.1) is 6.92 Å². The molecule has 9 heteroatoms. The van der Waals surface area contributed by atoms with E-state index in [1.165, 1.54) is 22.7 Å². The second-order valence-corrected chi connectivity index (χ2v) is 11.8. The lowest BCUT2D eigenvalue weighted by molar-refractivity contribution is 0.0796. The van der Waals surface area contributed by atoms with Gasteiger partial charge in [-0.15, -0.1) is 22.7 Å². The van der Waals surface area contributed by atoms with Crippen LogP contribution >= 0.6 is 22.7 Å². The highest BCUT2D eigenvalue weighted by molar-refractivity contribution is 7.91. The van der Waals surface area contributed by atoms with Crippen LogP contribution in [-0.2, 0) is 10.0 Å². The molecule has 158 valence electrons. The molecule has 2 aromatic rings. The van der Waals surface area contributed by atoms with Crippen molar-refractivity contribution in [1.82, 2.24) is 14.2 Å². The second-order valence-electron chi connectivity index (χ2n) is 7.76. The third kappa shape index (κ3) is 4.02. The summed E-state index contributed by atoms with van der Waals surface area (Å²) in [5.41, 5.74) is 1.51. The van der Waals surface area contributed by atoms with E-state index in [9.17, 15) is 13.2 Å². The van der Waals surface area contributed by atoms with Crippen LogP contribution in [0.5, 0.6) is 0 Å². The van der Waals surface area contributed by atoms with E-state index in [0.717, 1.165) is 62.9 Å². The van der Waals surface area contributed by atoms with Gasteiger partial charge in [0.05, 0.1) is 5.69 Å². The Hall–Kier alpha value is -1.29. The Labute approximate surface area is 180 Å². The summed E-state index contributed by atoms with van der Waals surface area (Å²) in [5.74, 6) is 0.0472. The molecule has 0 radical (unpaired) electrons. The van der Waals surface area contributed by atoms with Gasteiger partial charge < -0.3 is 4.90 Å². The number of amides is 1. The number of thiazole rings is 1. The van der Waals surface area contributed by atoms with Crippen LogP contribution in [0.4, 0.5) is 0 Å². The van der Waals surface area contributed by atoms with Crippen molar-refractivity contribution in [2.75, 3.05) is 19.6 Å². The van der Waals surface area contributed by atoms with Crippen LogP contribution in [-0.4, -0.2) is 54.2 Å². The maximum absolute atomic E-state index is 13.2. The number of carbonyl (C=O) groups is 1. The number of hydrogen-bond acceptors (Lipinski definition) is 6. The molecule has 4 heterocycles. The van der Waals surface area contributed by atoms with E-state index >= 15 is 0 Å². The Morgan fingerprint density at radius 3 is 2.66 bits per heavy atom. The lowest BCUT2D eigenvalue weighted by atomic mass is 10.0. The minimum absolute atomic E-state index is 0.0472. The second kappa shape index (κ2) is 8.45. The fourth-order valence-corrected chi connectivity index (χ4v) is 8.32. The zero-order valence-corrected chi connectivity index (χ0v) is 19.3. The summed E-state index contributed by atoms with van der Waals surface area (Å²) in [4.78, 5) is 19.9. The Bertz CT molecular complexity index is 990. The highest BCUT2D eigenvalue weighted by Crippen LogP contribution is 2.36. The number of rotatable bonds is 5. The molecule has 2 aromatic heterocycles. The number of aromatic nitrogens is 1. The first-order valence-corrected chi connectivity index (χ1v) is 13.4. The first-order chi connectivity index (χ1) is 13.9. The number of hydrogen-bond donors (Lipinski definition) is 0.